The quantitative estimate of drug-likeness (QED) is 0.851. The smallest absolute Gasteiger partial charge is 0.161 e. The molecule has 0 bridgehead atoms. The predicted molar refractivity (Wildman–Crippen MR) is 87.4 cm³/mol. The first-order valence-electron chi connectivity index (χ1n) is 6.49. The van der Waals surface area contributed by atoms with Crippen LogP contribution in [-0.4, -0.2) is 19.3 Å². The van der Waals surface area contributed by atoms with Crippen LogP contribution in [0.2, 0.25) is 0 Å². The molecule has 0 aromatic heterocycles. The Hall–Kier alpha value is -1.88. The molecule has 2 aromatic carbocycles. The lowest BCUT2D eigenvalue weighted by atomic mass is 10.1. The van der Waals surface area contributed by atoms with E-state index in [0.717, 1.165) is 21.3 Å². The Balaban J connectivity index is 2.17. The van der Waals surface area contributed by atoms with E-state index in [1.54, 1.807) is 20.3 Å². The van der Waals surface area contributed by atoms with Crippen molar-refractivity contribution in [2.24, 2.45) is 0 Å². The molecule has 0 spiro atoms. The van der Waals surface area contributed by atoms with E-state index in [2.05, 4.69) is 21.2 Å². The lowest BCUT2D eigenvalue weighted by Gasteiger charge is -2.13. The first-order chi connectivity index (χ1) is 10.0. The van der Waals surface area contributed by atoms with Crippen LogP contribution in [0.1, 0.15) is 11.1 Å². The number of anilines is 1. The maximum atomic E-state index is 9.72. The molecule has 0 heterocycles. The fourth-order valence-corrected chi connectivity index (χ4v) is 2.41. The molecule has 0 unspecified atom stereocenters. The van der Waals surface area contributed by atoms with Crippen molar-refractivity contribution in [2.75, 3.05) is 19.5 Å². The Labute approximate surface area is 132 Å². The maximum absolute atomic E-state index is 9.72. The van der Waals surface area contributed by atoms with E-state index in [-0.39, 0.29) is 5.75 Å². The molecule has 2 N–H and O–H groups in total. The van der Waals surface area contributed by atoms with Gasteiger partial charge in [-0.25, -0.2) is 0 Å². The van der Waals surface area contributed by atoms with Crippen LogP contribution >= 0.6 is 15.9 Å². The molecule has 0 fully saturated rings. The number of ether oxygens (including phenoxy) is 2. The van der Waals surface area contributed by atoms with Gasteiger partial charge in [-0.05, 0) is 36.2 Å². The molecule has 0 aliphatic rings. The van der Waals surface area contributed by atoms with Crippen molar-refractivity contribution in [2.45, 2.75) is 13.5 Å². The van der Waals surface area contributed by atoms with Crippen molar-refractivity contribution >= 4 is 21.6 Å². The van der Waals surface area contributed by atoms with Crippen molar-refractivity contribution in [1.29, 1.82) is 0 Å². The summed E-state index contributed by atoms with van der Waals surface area (Å²) in [5.74, 6) is 1.65. The second-order valence-corrected chi connectivity index (χ2v) is 5.51. The summed E-state index contributed by atoms with van der Waals surface area (Å²) in [6.07, 6.45) is 0. The Bertz CT molecular complexity index is 644. The highest BCUT2D eigenvalue weighted by atomic mass is 79.9. The van der Waals surface area contributed by atoms with Gasteiger partial charge in [0, 0.05) is 22.8 Å². The fourth-order valence-electron chi connectivity index (χ4n) is 1.95. The SMILES string of the molecule is COc1cc(Br)c(CNc2ccc(C)c(O)c2)cc1OC. The first-order valence-corrected chi connectivity index (χ1v) is 7.28. The van der Waals surface area contributed by atoms with Crippen LogP contribution in [-0.2, 0) is 6.54 Å². The number of phenols is 1. The summed E-state index contributed by atoms with van der Waals surface area (Å²) >= 11 is 3.53. The van der Waals surface area contributed by atoms with Gasteiger partial charge < -0.3 is 19.9 Å². The fraction of sp³-hybridized carbons (Fsp3) is 0.250. The summed E-state index contributed by atoms with van der Waals surface area (Å²) < 4.78 is 11.5. The number of rotatable bonds is 5. The molecule has 0 saturated carbocycles. The van der Waals surface area contributed by atoms with Crippen LogP contribution in [0.3, 0.4) is 0 Å². The van der Waals surface area contributed by atoms with Crippen LogP contribution in [0.5, 0.6) is 17.2 Å². The summed E-state index contributed by atoms with van der Waals surface area (Å²) in [6.45, 7) is 2.47. The third-order valence-corrected chi connectivity index (χ3v) is 3.98. The average molecular weight is 352 g/mol. The van der Waals surface area contributed by atoms with Crippen LogP contribution in [0.4, 0.5) is 5.69 Å². The number of phenolic OH excluding ortho intramolecular Hbond substituents is 1. The summed E-state index contributed by atoms with van der Waals surface area (Å²) in [5, 5.41) is 13.0. The summed E-state index contributed by atoms with van der Waals surface area (Å²) in [6, 6.07) is 9.32. The van der Waals surface area contributed by atoms with Crippen LogP contribution in [0, 0.1) is 6.92 Å². The molecule has 0 aliphatic heterocycles. The monoisotopic (exact) mass is 351 g/mol. The number of hydrogen-bond donors (Lipinski definition) is 2. The van der Waals surface area contributed by atoms with E-state index < -0.39 is 0 Å². The van der Waals surface area contributed by atoms with Crippen molar-refractivity contribution in [1.82, 2.24) is 0 Å². The second-order valence-electron chi connectivity index (χ2n) is 4.65. The van der Waals surface area contributed by atoms with Gasteiger partial charge in [0.2, 0.25) is 0 Å². The topological polar surface area (TPSA) is 50.7 Å². The van der Waals surface area contributed by atoms with Gasteiger partial charge in [-0.1, -0.05) is 22.0 Å². The molecule has 0 amide bonds. The number of benzene rings is 2. The molecule has 0 radical (unpaired) electrons. The lowest BCUT2D eigenvalue weighted by Crippen LogP contribution is -2.02. The third kappa shape index (κ3) is 3.61. The largest absolute Gasteiger partial charge is 0.508 e. The van der Waals surface area contributed by atoms with E-state index >= 15 is 0 Å². The maximum Gasteiger partial charge on any atom is 0.161 e. The lowest BCUT2D eigenvalue weighted by molar-refractivity contribution is 0.354. The minimum absolute atomic E-state index is 0.284. The highest BCUT2D eigenvalue weighted by Crippen LogP contribution is 2.33. The van der Waals surface area contributed by atoms with E-state index in [4.69, 9.17) is 9.47 Å². The zero-order valence-electron chi connectivity index (χ0n) is 12.2. The van der Waals surface area contributed by atoms with Gasteiger partial charge in [0.15, 0.2) is 11.5 Å². The molecule has 5 heteroatoms. The van der Waals surface area contributed by atoms with E-state index in [1.807, 2.05) is 31.2 Å². The first kappa shape index (κ1) is 15.5. The molecule has 0 atom stereocenters. The van der Waals surface area contributed by atoms with Gasteiger partial charge in [-0.3, -0.25) is 0 Å². The summed E-state index contributed by atoms with van der Waals surface area (Å²) in [4.78, 5) is 0. The molecule has 2 aromatic rings. The van der Waals surface area contributed by atoms with Crippen molar-refractivity contribution in [3.8, 4) is 17.2 Å². The molecular weight excluding hydrogens is 334 g/mol. The number of nitrogens with one attached hydrogen (secondary N) is 1. The number of halogens is 1. The van der Waals surface area contributed by atoms with Crippen LogP contribution < -0.4 is 14.8 Å². The molecular formula is C16H18BrNO3. The number of hydrogen-bond acceptors (Lipinski definition) is 4. The van der Waals surface area contributed by atoms with E-state index in [0.29, 0.717) is 18.0 Å². The summed E-state index contributed by atoms with van der Waals surface area (Å²) in [7, 11) is 3.22. The normalized spacial score (nSPS) is 10.3. The second kappa shape index (κ2) is 6.72. The Morgan fingerprint density at radius 3 is 2.38 bits per heavy atom. The third-order valence-electron chi connectivity index (χ3n) is 3.24. The number of methoxy groups -OCH3 is 2. The highest BCUT2D eigenvalue weighted by molar-refractivity contribution is 9.10. The van der Waals surface area contributed by atoms with Gasteiger partial charge in [0.25, 0.3) is 0 Å². The minimum Gasteiger partial charge on any atom is -0.508 e. The standard InChI is InChI=1S/C16H18BrNO3/c1-10-4-5-12(7-14(10)19)18-9-11-6-15(20-2)16(21-3)8-13(11)17/h4-8,18-19H,9H2,1-3H3. The average Bonchev–Trinajstić information content (AvgIpc) is 2.49. The molecule has 112 valence electrons. The number of aromatic hydroxyl groups is 1. The van der Waals surface area contributed by atoms with Crippen molar-refractivity contribution < 1.29 is 14.6 Å². The van der Waals surface area contributed by atoms with Gasteiger partial charge in [0.1, 0.15) is 5.75 Å². The molecule has 0 saturated heterocycles. The van der Waals surface area contributed by atoms with E-state index in [9.17, 15) is 5.11 Å². The predicted octanol–water partition coefficient (Wildman–Crippen LogP) is 4.09. The van der Waals surface area contributed by atoms with E-state index in [1.165, 1.54) is 0 Å². The molecule has 0 aliphatic carbocycles. The van der Waals surface area contributed by atoms with Gasteiger partial charge in [-0.15, -0.1) is 0 Å². The Morgan fingerprint density at radius 2 is 1.76 bits per heavy atom. The molecule has 2 rings (SSSR count). The zero-order chi connectivity index (χ0) is 15.4. The van der Waals surface area contributed by atoms with Crippen molar-refractivity contribution in [3.05, 3.63) is 45.9 Å². The van der Waals surface area contributed by atoms with Gasteiger partial charge in [0.05, 0.1) is 14.2 Å². The van der Waals surface area contributed by atoms with Crippen LogP contribution in [0.25, 0.3) is 0 Å². The van der Waals surface area contributed by atoms with Crippen molar-refractivity contribution in [3.63, 3.8) is 0 Å². The Kier molecular flexibility index (Phi) is 4.96. The van der Waals surface area contributed by atoms with Gasteiger partial charge >= 0.3 is 0 Å². The Morgan fingerprint density at radius 1 is 1.10 bits per heavy atom. The van der Waals surface area contributed by atoms with Gasteiger partial charge in [-0.2, -0.15) is 0 Å². The highest BCUT2D eigenvalue weighted by Gasteiger charge is 2.09. The number of aryl methyl sites for hydroxylation is 1. The minimum atomic E-state index is 0.284. The molecule has 21 heavy (non-hydrogen) atoms. The van der Waals surface area contributed by atoms with Crippen LogP contribution in [0.15, 0.2) is 34.8 Å². The summed E-state index contributed by atoms with van der Waals surface area (Å²) in [5.41, 5.74) is 2.75. The molecule has 4 nitrogen and oxygen atoms in total. The zero-order valence-corrected chi connectivity index (χ0v) is 13.8.